The lowest BCUT2D eigenvalue weighted by Crippen LogP contribution is -2.47. The van der Waals surface area contributed by atoms with E-state index in [0.717, 1.165) is 27.3 Å². The number of nitrogens with one attached hydrogen (secondary N) is 2. The third-order valence-electron chi connectivity index (χ3n) is 7.13. The van der Waals surface area contributed by atoms with Crippen LogP contribution in [0, 0.1) is 11.8 Å². The van der Waals surface area contributed by atoms with E-state index in [4.69, 9.17) is 4.74 Å². The minimum absolute atomic E-state index is 0.00207. The van der Waals surface area contributed by atoms with Gasteiger partial charge in [0.15, 0.2) is 11.4 Å². The molecule has 4 aromatic carbocycles. The topological polar surface area (TPSA) is 92.6 Å². The van der Waals surface area contributed by atoms with Gasteiger partial charge in [0.25, 0.3) is 5.91 Å². The number of nitrogens with zero attached hydrogens (tertiary/aromatic N) is 1. The van der Waals surface area contributed by atoms with Crippen molar-refractivity contribution >= 4 is 33.5 Å². The predicted molar refractivity (Wildman–Crippen MR) is 150 cm³/mol. The van der Waals surface area contributed by atoms with Crippen LogP contribution in [0.25, 0.3) is 32.7 Å². The molecule has 0 aliphatic carbocycles. The van der Waals surface area contributed by atoms with Gasteiger partial charge in [0, 0.05) is 17.0 Å². The average Bonchev–Trinajstić information content (AvgIpc) is 3.42. The van der Waals surface area contributed by atoms with Crippen LogP contribution in [0.1, 0.15) is 12.5 Å². The van der Waals surface area contributed by atoms with Gasteiger partial charge in [-0.05, 0) is 58.7 Å². The maximum absolute atomic E-state index is 13.2. The van der Waals surface area contributed by atoms with Crippen LogP contribution in [0.3, 0.4) is 0 Å². The lowest BCUT2D eigenvalue weighted by Gasteiger charge is -2.27. The maximum atomic E-state index is 13.2. The summed E-state index contributed by atoms with van der Waals surface area (Å²) in [4.78, 5) is 25.5. The van der Waals surface area contributed by atoms with Crippen molar-refractivity contribution in [2.75, 3.05) is 6.61 Å². The Kier molecular flexibility index (Phi) is 5.93. The number of rotatable bonds is 6. The van der Waals surface area contributed by atoms with Crippen LogP contribution in [-0.2, 0) is 16.9 Å². The summed E-state index contributed by atoms with van der Waals surface area (Å²) >= 11 is 0. The zero-order valence-electron chi connectivity index (χ0n) is 21.2. The van der Waals surface area contributed by atoms with E-state index < -0.39 is 17.5 Å². The number of amides is 3. The number of benzene rings is 4. The van der Waals surface area contributed by atoms with Gasteiger partial charge in [-0.25, -0.2) is 4.79 Å². The fourth-order valence-corrected chi connectivity index (χ4v) is 5.10. The third-order valence-corrected chi connectivity index (χ3v) is 7.13. The first-order valence-electron chi connectivity index (χ1n) is 12.5. The van der Waals surface area contributed by atoms with Crippen LogP contribution in [0.4, 0.5) is 4.79 Å². The van der Waals surface area contributed by atoms with Crippen molar-refractivity contribution in [3.05, 3.63) is 96.7 Å². The molecule has 1 saturated heterocycles. The van der Waals surface area contributed by atoms with Crippen molar-refractivity contribution in [3.63, 3.8) is 0 Å². The molecule has 5 aromatic rings. The third kappa shape index (κ3) is 4.32. The Morgan fingerprint density at radius 1 is 0.897 bits per heavy atom. The molecule has 6 rings (SSSR count). The van der Waals surface area contributed by atoms with Crippen molar-refractivity contribution in [3.8, 4) is 34.6 Å². The van der Waals surface area contributed by atoms with Crippen LogP contribution in [0.5, 0.6) is 11.6 Å². The highest BCUT2D eigenvalue weighted by Crippen LogP contribution is 2.36. The molecule has 1 atom stereocenters. The highest BCUT2D eigenvalue weighted by molar-refractivity contribution is 6.07. The zero-order chi connectivity index (χ0) is 27.0. The SMILES string of the molecule is CC#CCOc1ccc2cn(C[C@]3(c4ccc(-c5ccc6ccccc6c5)cc4)NC(=O)NC3=O)c(O)c2c1. The first-order valence-corrected chi connectivity index (χ1v) is 12.5. The van der Waals surface area contributed by atoms with Crippen molar-refractivity contribution in [2.24, 2.45) is 0 Å². The van der Waals surface area contributed by atoms with E-state index >= 15 is 0 Å². The molecule has 39 heavy (non-hydrogen) atoms. The molecule has 2 heterocycles. The molecule has 7 nitrogen and oxygen atoms in total. The summed E-state index contributed by atoms with van der Waals surface area (Å²) in [6.45, 7) is 1.98. The van der Waals surface area contributed by atoms with Gasteiger partial charge in [0.2, 0.25) is 0 Å². The van der Waals surface area contributed by atoms with Gasteiger partial charge >= 0.3 is 6.03 Å². The zero-order valence-corrected chi connectivity index (χ0v) is 21.2. The molecule has 3 N–H and O–H groups in total. The van der Waals surface area contributed by atoms with E-state index in [-0.39, 0.29) is 19.0 Å². The van der Waals surface area contributed by atoms with Gasteiger partial charge < -0.3 is 19.7 Å². The highest BCUT2D eigenvalue weighted by atomic mass is 16.5. The maximum Gasteiger partial charge on any atom is 0.322 e. The number of urea groups is 1. The normalized spacial score (nSPS) is 16.5. The molecule has 192 valence electrons. The summed E-state index contributed by atoms with van der Waals surface area (Å²) in [7, 11) is 0. The smallest absolute Gasteiger partial charge is 0.322 e. The van der Waals surface area contributed by atoms with Crippen molar-refractivity contribution in [1.29, 1.82) is 0 Å². The number of imide groups is 1. The van der Waals surface area contributed by atoms with Crippen molar-refractivity contribution in [2.45, 2.75) is 19.0 Å². The van der Waals surface area contributed by atoms with E-state index in [1.165, 1.54) is 0 Å². The van der Waals surface area contributed by atoms with Gasteiger partial charge in [-0.1, -0.05) is 66.6 Å². The Labute approximate surface area is 225 Å². The van der Waals surface area contributed by atoms with Crippen LogP contribution < -0.4 is 15.4 Å². The molecule has 0 unspecified atom stereocenters. The Balaban J connectivity index is 1.35. The summed E-state index contributed by atoms with van der Waals surface area (Å²) in [6.07, 6.45) is 1.75. The molecule has 1 aliphatic rings. The number of aromatic hydroxyl groups is 1. The lowest BCUT2D eigenvalue weighted by atomic mass is 9.88. The number of hydrogen-bond acceptors (Lipinski definition) is 4. The molecule has 7 heteroatoms. The fraction of sp³-hybridized carbons (Fsp3) is 0.125. The van der Waals surface area contributed by atoms with Crippen molar-refractivity contribution in [1.82, 2.24) is 15.2 Å². The van der Waals surface area contributed by atoms with Gasteiger partial charge in [-0.15, -0.1) is 5.92 Å². The van der Waals surface area contributed by atoms with Gasteiger partial charge in [-0.2, -0.15) is 0 Å². The minimum Gasteiger partial charge on any atom is -0.494 e. The molecule has 0 bridgehead atoms. The highest BCUT2D eigenvalue weighted by Gasteiger charge is 2.48. The van der Waals surface area contributed by atoms with Crippen molar-refractivity contribution < 1.29 is 19.4 Å². The van der Waals surface area contributed by atoms with E-state index in [0.29, 0.717) is 16.7 Å². The Morgan fingerprint density at radius 2 is 1.64 bits per heavy atom. The van der Waals surface area contributed by atoms with Gasteiger partial charge in [-0.3, -0.25) is 10.1 Å². The van der Waals surface area contributed by atoms with Gasteiger partial charge in [0.05, 0.1) is 6.54 Å². The monoisotopic (exact) mass is 515 g/mol. The summed E-state index contributed by atoms with van der Waals surface area (Å²) in [5.41, 5.74) is 1.24. The molecule has 1 fully saturated rings. The van der Waals surface area contributed by atoms with E-state index in [9.17, 15) is 14.7 Å². The van der Waals surface area contributed by atoms with Crippen LogP contribution in [0.2, 0.25) is 0 Å². The number of hydrogen-bond donors (Lipinski definition) is 3. The largest absolute Gasteiger partial charge is 0.494 e. The second kappa shape index (κ2) is 9.58. The van der Waals surface area contributed by atoms with E-state index in [1.54, 1.807) is 29.8 Å². The molecule has 1 aliphatic heterocycles. The molecular formula is C32H25N3O4. The number of ether oxygens (including phenoxy) is 1. The minimum atomic E-state index is -1.40. The summed E-state index contributed by atoms with van der Waals surface area (Å²) < 4.78 is 7.20. The molecule has 0 saturated carbocycles. The average molecular weight is 516 g/mol. The Hall–Kier alpha value is -5.22. The summed E-state index contributed by atoms with van der Waals surface area (Å²) in [6, 6.07) is 26.8. The molecule has 0 spiro atoms. The Bertz CT molecular complexity index is 1810. The predicted octanol–water partition coefficient (Wildman–Crippen LogP) is 5.30. The van der Waals surface area contributed by atoms with E-state index in [2.05, 4.69) is 52.8 Å². The van der Waals surface area contributed by atoms with E-state index in [1.807, 2.05) is 42.5 Å². The van der Waals surface area contributed by atoms with Crippen LogP contribution >= 0.6 is 0 Å². The summed E-state index contributed by atoms with van der Waals surface area (Å²) in [5.74, 6) is 5.68. The first-order chi connectivity index (χ1) is 19.0. The fourth-order valence-electron chi connectivity index (χ4n) is 5.10. The molecular weight excluding hydrogens is 490 g/mol. The number of carbonyl (C=O) groups excluding carboxylic acids is 2. The second-order valence-corrected chi connectivity index (χ2v) is 9.50. The number of fused-ring (bicyclic) bond motifs is 2. The first kappa shape index (κ1) is 24.1. The Morgan fingerprint density at radius 3 is 2.38 bits per heavy atom. The van der Waals surface area contributed by atoms with Crippen LogP contribution in [0.15, 0.2) is 91.1 Å². The quantitative estimate of drug-likeness (QED) is 0.211. The summed E-state index contributed by atoms with van der Waals surface area (Å²) in [5, 5.41) is 19.9. The molecule has 1 aromatic heterocycles. The van der Waals surface area contributed by atoms with Crippen LogP contribution in [-0.4, -0.2) is 28.2 Å². The number of aromatic nitrogens is 1. The van der Waals surface area contributed by atoms with Gasteiger partial charge in [0.1, 0.15) is 12.4 Å². The molecule has 0 radical (unpaired) electrons. The lowest BCUT2D eigenvalue weighted by molar-refractivity contribution is -0.124. The number of carbonyl (C=O) groups is 2. The molecule has 3 amide bonds. The second-order valence-electron chi connectivity index (χ2n) is 9.50. The standard InChI is InChI=1S/C32H25N3O4/c1-2-3-16-39-27-15-12-25-19-35(29(36)28(25)18-27)20-32(30(37)33-31(38)34-32)26-13-10-22(11-14-26)24-9-8-21-6-4-5-7-23(21)17-24/h4-15,17-19,36H,16,20H2,1H3,(H2,33,34,37,38)/t32-/m1/s1.